The van der Waals surface area contributed by atoms with Crippen LogP contribution >= 0.6 is 0 Å². The normalized spacial score (nSPS) is 22.0. The Labute approximate surface area is 375 Å². The number of hydrogen-bond donors (Lipinski definition) is 14. The fourth-order valence-electron chi connectivity index (χ4n) is 7.08. The SMILES string of the molecule is CC(=O)N[C@H]1C([C@@H](OC(=O)NCCCCCCCCCCCCCNC(=O)O[C@@H](C2OC(C(=O)O)=C[C@H](N=C(N)N)[C@H]2NC(C)=O)[C@H](O)CO)[C@H](O)CO)OC(C(=O)O)=C[C@@H]1N=C(N)N. The van der Waals surface area contributed by atoms with Crippen LogP contribution in [-0.2, 0) is 38.1 Å². The van der Waals surface area contributed by atoms with Gasteiger partial charge in [0.05, 0.1) is 37.4 Å². The number of carbonyl (C=O) groups excluding carboxylic acids is 4. The number of carbonyl (C=O) groups is 6. The van der Waals surface area contributed by atoms with Crippen LogP contribution in [0, 0.1) is 0 Å². The van der Waals surface area contributed by atoms with E-state index in [-0.39, 0.29) is 13.1 Å². The van der Waals surface area contributed by atoms with E-state index in [9.17, 15) is 59.4 Å². The van der Waals surface area contributed by atoms with Gasteiger partial charge in [-0.25, -0.2) is 29.2 Å². The molecule has 2 heterocycles. The molecule has 0 aromatic rings. The van der Waals surface area contributed by atoms with E-state index >= 15 is 0 Å². The summed E-state index contributed by atoms with van der Waals surface area (Å²) in [5, 5.41) is 69.9. The van der Waals surface area contributed by atoms with Crippen LogP contribution in [0.4, 0.5) is 9.59 Å². The highest BCUT2D eigenvalue weighted by molar-refractivity contribution is 5.86. The Kier molecular flexibility index (Phi) is 24.2. The fraction of sp³-hybridized carbons (Fsp3) is 0.692. The second-order valence-corrected chi connectivity index (χ2v) is 15.4. The maximum atomic E-state index is 12.7. The lowest BCUT2D eigenvalue weighted by molar-refractivity contribution is -0.147. The predicted octanol–water partition coefficient (Wildman–Crippen LogP) is -2.80. The van der Waals surface area contributed by atoms with Crippen LogP contribution in [-0.4, -0.2) is 166 Å². The molecule has 2 unspecified atom stereocenters. The number of aliphatic imine (C=N–C) groups is 2. The smallest absolute Gasteiger partial charge is 0.407 e. The highest BCUT2D eigenvalue weighted by atomic mass is 16.6. The van der Waals surface area contributed by atoms with Gasteiger partial charge < -0.3 is 93.8 Å². The number of amides is 4. The molecule has 0 saturated heterocycles. The van der Waals surface area contributed by atoms with Crippen LogP contribution < -0.4 is 44.2 Å². The molecule has 2 aliphatic heterocycles. The van der Waals surface area contributed by atoms with Crippen molar-refractivity contribution in [2.45, 2.75) is 145 Å². The predicted molar refractivity (Wildman–Crippen MR) is 229 cm³/mol. The number of carboxylic acids is 2. The van der Waals surface area contributed by atoms with Crippen LogP contribution in [0.15, 0.2) is 33.7 Å². The monoisotopic (exact) mass is 930 g/mol. The van der Waals surface area contributed by atoms with E-state index in [4.69, 9.17) is 41.9 Å². The number of carboxylic acid groups (broad SMARTS) is 2. The molecule has 0 aromatic carbocycles. The Balaban J connectivity index is 1.71. The van der Waals surface area contributed by atoms with Gasteiger partial charge >= 0.3 is 24.1 Å². The third kappa shape index (κ3) is 19.7. The Bertz CT molecular complexity index is 1590. The topological polar surface area (TPSA) is 438 Å². The van der Waals surface area contributed by atoms with E-state index in [0.29, 0.717) is 12.8 Å². The molecule has 26 nitrogen and oxygen atoms in total. The first-order valence-corrected chi connectivity index (χ1v) is 21.2. The van der Waals surface area contributed by atoms with Crippen molar-refractivity contribution >= 4 is 47.9 Å². The molecule has 0 fully saturated rings. The van der Waals surface area contributed by atoms with E-state index in [2.05, 4.69) is 31.3 Å². The molecule has 4 amide bonds. The van der Waals surface area contributed by atoms with Crippen molar-refractivity contribution in [1.82, 2.24) is 21.3 Å². The van der Waals surface area contributed by atoms with Gasteiger partial charge in [0.25, 0.3) is 0 Å². The van der Waals surface area contributed by atoms with Gasteiger partial charge in [0.1, 0.15) is 12.2 Å². The molecular formula is C39H66N10O16. The van der Waals surface area contributed by atoms with Gasteiger partial charge in [0, 0.05) is 26.9 Å². The van der Waals surface area contributed by atoms with E-state index < -0.39 is 133 Å². The van der Waals surface area contributed by atoms with Crippen molar-refractivity contribution < 1.29 is 78.4 Å². The highest BCUT2D eigenvalue weighted by Crippen LogP contribution is 2.28. The zero-order valence-corrected chi connectivity index (χ0v) is 36.5. The van der Waals surface area contributed by atoms with Gasteiger partial charge in [-0.1, -0.05) is 57.8 Å². The van der Waals surface area contributed by atoms with Crippen LogP contribution in [0.1, 0.15) is 84.5 Å². The Hall–Kier alpha value is -6.12. The lowest BCUT2D eigenvalue weighted by Gasteiger charge is -2.39. The number of nitrogens with two attached hydrogens (primary N) is 4. The quantitative estimate of drug-likeness (QED) is 0.0214. The summed E-state index contributed by atoms with van der Waals surface area (Å²) >= 11 is 0. The van der Waals surface area contributed by atoms with Crippen molar-refractivity contribution in [1.29, 1.82) is 0 Å². The summed E-state index contributed by atoms with van der Waals surface area (Å²) in [4.78, 5) is 81.0. The van der Waals surface area contributed by atoms with Crippen LogP contribution in [0.3, 0.4) is 0 Å². The van der Waals surface area contributed by atoms with Crippen LogP contribution in [0.2, 0.25) is 0 Å². The number of nitrogens with zero attached hydrogens (tertiary/aromatic N) is 2. The second kappa shape index (κ2) is 28.6. The number of unbranched alkanes of at least 4 members (excludes halogenated alkanes) is 10. The molecule has 65 heavy (non-hydrogen) atoms. The zero-order chi connectivity index (χ0) is 48.6. The molecule has 0 bridgehead atoms. The van der Waals surface area contributed by atoms with Crippen LogP contribution in [0.25, 0.3) is 0 Å². The number of hydrogen-bond acceptors (Lipinski definition) is 16. The van der Waals surface area contributed by atoms with E-state index in [1.54, 1.807) is 0 Å². The van der Waals surface area contributed by atoms with Gasteiger partial charge in [-0.05, 0) is 25.0 Å². The number of alkyl carbamates (subject to hydrolysis) is 2. The molecule has 0 spiro atoms. The number of ether oxygens (including phenoxy) is 4. The van der Waals surface area contributed by atoms with Gasteiger partial charge in [-0.15, -0.1) is 0 Å². The van der Waals surface area contributed by atoms with Gasteiger partial charge in [0.2, 0.25) is 23.3 Å². The summed E-state index contributed by atoms with van der Waals surface area (Å²) in [6, 6.07) is -4.75. The number of aliphatic hydroxyl groups excluding tert-OH is 4. The van der Waals surface area contributed by atoms with Crippen molar-refractivity contribution in [3.8, 4) is 0 Å². The molecule has 0 aliphatic carbocycles. The first-order chi connectivity index (χ1) is 30.8. The number of aliphatic hydroxyl groups is 4. The zero-order valence-electron chi connectivity index (χ0n) is 36.5. The lowest BCUT2D eigenvalue weighted by Crippen LogP contribution is -2.61. The molecule has 10 atom stereocenters. The molecular weight excluding hydrogens is 864 g/mol. The maximum absolute atomic E-state index is 12.7. The first kappa shape index (κ1) is 55.0. The van der Waals surface area contributed by atoms with E-state index in [1.807, 2.05) is 0 Å². The minimum absolute atomic E-state index is 0.219. The Morgan fingerprint density at radius 1 is 0.600 bits per heavy atom. The minimum Gasteiger partial charge on any atom is -0.477 e. The minimum atomic E-state index is -1.74. The van der Waals surface area contributed by atoms with Gasteiger partial charge in [0.15, 0.2) is 36.3 Å². The second-order valence-electron chi connectivity index (χ2n) is 15.4. The molecule has 0 radical (unpaired) electrons. The Morgan fingerprint density at radius 3 is 1.17 bits per heavy atom. The largest absolute Gasteiger partial charge is 0.477 e. The van der Waals surface area contributed by atoms with Gasteiger partial charge in [-0.2, -0.15) is 0 Å². The molecule has 18 N–H and O–H groups in total. The molecule has 2 rings (SSSR count). The lowest BCUT2D eigenvalue weighted by atomic mass is 9.92. The fourth-order valence-corrected chi connectivity index (χ4v) is 7.08. The maximum Gasteiger partial charge on any atom is 0.407 e. The van der Waals surface area contributed by atoms with Crippen molar-refractivity contribution in [2.75, 3.05) is 26.3 Å². The first-order valence-electron chi connectivity index (χ1n) is 21.2. The number of rotatable bonds is 28. The molecule has 368 valence electrons. The summed E-state index contributed by atoms with van der Waals surface area (Å²) in [6.45, 7) is 0.991. The average Bonchev–Trinajstić information content (AvgIpc) is 3.23. The summed E-state index contributed by atoms with van der Waals surface area (Å²) < 4.78 is 21.8. The standard InChI is InChI=1S/C39H66N10O16/c1-20(52)46-28-22(48-36(40)41)16-26(34(56)57)62-32(28)30(24(54)18-50)64-38(60)44-14-12-10-8-6-4-3-5-7-9-11-13-15-45-39(61)65-31(25(55)19-51)33-29(47-21(2)53)23(49-37(42)43)17-27(63-33)35(58)59/h16-17,22-25,28-33,50-51,54-55H,3-15,18-19H2,1-2H3,(H,44,60)(H,45,61)(H,46,52)(H,47,53)(H,56,57)(H,58,59)(H4,40,41,48)(H4,42,43,49)/t22-,23-,24+,25+,28+,29+,30-,31+,32?,33?/m0/s1. The highest BCUT2D eigenvalue weighted by Gasteiger charge is 2.48. The molecule has 26 heteroatoms. The summed E-state index contributed by atoms with van der Waals surface area (Å²) in [6.07, 6.45) is -0.0956. The van der Waals surface area contributed by atoms with Crippen molar-refractivity contribution in [3.05, 3.63) is 23.7 Å². The number of aliphatic carboxylic acids is 2. The Morgan fingerprint density at radius 2 is 0.908 bits per heavy atom. The van der Waals surface area contributed by atoms with Crippen molar-refractivity contribution in [3.63, 3.8) is 0 Å². The molecule has 2 aliphatic rings. The van der Waals surface area contributed by atoms with Crippen molar-refractivity contribution in [2.24, 2.45) is 32.9 Å². The third-order valence-electron chi connectivity index (χ3n) is 10.0. The molecule has 0 saturated carbocycles. The van der Waals surface area contributed by atoms with E-state index in [1.165, 1.54) is 13.8 Å². The van der Waals surface area contributed by atoms with E-state index in [0.717, 1.165) is 69.9 Å². The third-order valence-corrected chi connectivity index (χ3v) is 10.0. The summed E-state index contributed by atoms with van der Waals surface area (Å²) in [7, 11) is 0. The average molecular weight is 931 g/mol. The number of guanidine groups is 2. The van der Waals surface area contributed by atoms with Gasteiger partial charge in [-0.3, -0.25) is 9.59 Å². The number of nitrogens with one attached hydrogen (secondary N) is 4. The van der Waals surface area contributed by atoms with Crippen LogP contribution in [0.5, 0.6) is 0 Å². The summed E-state index contributed by atoms with van der Waals surface area (Å²) in [5.74, 6) is -6.31. The molecule has 0 aromatic heterocycles. The summed E-state index contributed by atoms with van der Waals surface area (Å²) in [5.41, 5.74) is 22.0.